The van der Waals surface area contributed by atoms with Crippen molar-refractivity contribution in [2.75, 3.05) is 0 Å². The largest absolute Gasteiger partial charge is 0.507 e. The molecule has 4 saturated carbocycles. The van der Waals surface area contributed by atoms with Gasteiger partial charge >= 0.3 is 11.9 Å². The van der Waals surface area contributed by atoms with Crippen molar-refractivity contribution in [3.63, 3.8) is 0 Å². The molecule has 4 fully saturated rings. The van der Waals surface area contributed by atoms with Gasteiger partial charge in [0, 0.05) is 35.5 Å². The fourth-order valence-electron chi connectivity index (χ4n) is 12.7. The molecule has 0 bridgehead atoms. The Bertz CT molecular complexity index is 1510. The minimum atomic E-state index is -1.20. The van der Waals surface area contributed by atoms with E-state index in [4.69, 9.17) is 0 Å². The Kier molecular flexibility index (Phi) is 13.3. The second-order valence-corrected chi connectivity index (χ2v) is 18.5. The summed E-state index contributed by atoms with van der Waals surface area (Å²) in [6, 6.07) is 9.32. The monoisotopic (exact) mass is 723 g/mol. The summed E-state index contributed by atoms with van der Waals surface area (Å²) < 4.78 is 0. The maximum absolute atomic E-state index is 11.9. The second kappa shape index (κ2) is 16.8. The van der Waals surface area contributed by atoms with Crippen molar-refractivity contribution >= 4 is 41.5 Å². The van der Waals surface area contributed by atoms with Crippen LogP contribution in [0.4, 0.5) is 0 Å². The Labute approximate surface area is 334 Å². The Hall–Kier alpha value is -2.02. The van der Waals surface area contributed by atoms with E-state index < -0.39 is 11.9 Å². The fourth-order valence-corrected chi connectivity index (χ4v) is 12.7. The molecular formula is C45H64NaO6. The molecule has 52 heavy (non-hydrogen) atoms. The van der Waals surface area contributed by atoms with E-state index in [-0.39, 0.29) is 58.1 Å². The zero-order valence-electron chi connectivity index (χ0n) is 32.9. The molecule has 4 aliphatic rings. The van der Waals surface area contributed by atoms with Gasteiger partial charge in [-0.05, 0) is 158 Å². The normalized spacial score (nSPS) is 31.7. The van der Waals surface area contributed by atoms with Crippen LogP contribution in [0.15, 0.2) is 36.4 Å². The van der Waals surface area contributed by atoms with Crippen LogP contribution < -0.4 is 0 Å². The van der Waals surface area contributed by atoms with Crippen LogP contribution in [0.25, 0.3) is 0 Å². The van der Waals surface area contributed by atoms with Gasteiger partial charge in [-0.3, -0.25) is 0 Å². The summed E-state index contributed by atoms with van der Waals surface area (Å²) in [4.78, 5) is 23.7. The van der Waals surface area contributed by atoms with Gasteiger partial charge in [-0.25, -0.2) is 9.59 Å². The van der Waals surface area contributed by atoms with Crippen molar-refractivity contribution in [3.05, 3.63) is 58.7 Å². The molecular weight excluding hydrogens is 659 g/mol. The Morgan fingerprint density at radius 1 is 0.731 bits per heavy atom. The number of phenols is 2. The third-order valence-electron chi connectivity index (χ3n) is 15.4. The van der Waals surface area contributed by atoms with E-state index in [0.29, 0.717) is 16.7 Å². The molecule has 4 N–H and O–H groups in total. The van der Waals surface area contributed by atoms with E-state index in [0.717, 1.165) is 71.8 Å². The molecule has 6 nitrogen and oxygen atoms in total. The predicted molar refractivity (Wildman–Crippen MR) is 208 cm³/mol. The van der Waals surface area contributed by atoms with Crippen molar-refractivity contribution in [2.24, 2.45) is 58.2 Å². The SMILES string of the molecule is CC(C)CCC[C@@H](C)[C@H]1CC[C@H]2[C@@H]3CC[C@H]4C[C@@H](CCCC(c5ccc(O)c(C(=O)O)c5)c5ccc(O)c(C(=O)O)c5)CC[C@]4(C)[C@H]3CC[C@]12C.[Na]. The summed E-state index contributed by atoms with van der Waals surface area (Å²) in [6.45, 7) is 12.7. The predicted octanol–water partition coefficient (Wildman–Crippen LogP) is 11.2. The molecule has 1 radical (unpaired) electrons. The van der Waals surface area contributed by atoms with Gasteiger partial charge in [-0.1, -0.05) is 78.9 Å². The van der Waals surface area contributed by atoms with Crippen LogP contribution in [-0.2, 0) is 0 Å². The van der Waals surface area contributed by atoms with Gasteiger partial charge in [0.05, 0.1) is 0 Å². The van der Waals surface area contributed by atoms with Crippen molar-refractivity contribution in [2.45, 2.75) is 137 Å². The van der Waals surface area contributed by atoms with Gasteiger partial charge in [0.15, 0.2) is 0 Å². The molecule has 7 heteroatoms. The van der Waals surface area contributed by atoms with Crippen molar-refractivity contribution in [1.82, 2.24) is 0 Å². The number of carbonyl (C=O) groups is 2. The van der Waals surface area contributed by atoms with Crippen LogP contribution in [0, 0.1) is 58.2 Å². The number of benzene rings is 2. The summed E-state index contributed by atoms with van der Waals surface area (Å²) in [7, 11) is 0. The molecule has 0 amide bonds. The van der Waals surface area contributed by atoms with Crippen molar-refractivity contribution in [1.29, 1.82) is 0 Å². The van der Waals surface area contributed by atoms with Crippen LogP contribution >= 0.6 is 0 Å². The summed E-state index contributed by atoms with van der Waals surface area (Å²) in [5.41, 5.74) is 2.10. The van der Waals surface area contributed by atoms with Gasteiger partial charge < -0.3 is 20.4 Å². The van der Waals surface area contributed by atoms with Gasteiger partial charge in [0.1, 0.15) is 22.6 Å². The Morgan fingerprint density at radius 3 is 1.92 bits per heavy atom. The summed E-state index contributed by atoms with van der Waals surface area (Å²) in [6.07, 6.45) is 19.3. The van der Waals surface area contributed by atoms with Crippen LogP contribution in [0.1, 0.15) is 169 Å². The number of aromatic hydroxyl groups is 2. The third kappa shape index (κ3) is 8.15. The van der Waals surface area contributed by atoms with Crippen LogP contribution in [-0.4, -0.2) is 61.9 Å². The molecule has 0 saturated heterocycles. The number of rotatable bonds is 13. The number of carboxylic acid groups (broad SMARTS) is 2. The average Bonchev–Trinajstić information content (AvgIpc) is 3.44. The van der Waals surface area contributed by atoms with E-state index in [2.05, 4.69) is 34.6 Å². The topological polar surface area (TPSA) is 115 Å². The van der Waals surface area contributed by atoms with E-state index in [1.807, 2.05) is 0 Å². The molecule has 9 atom stereocenters. The summed E-state index contributed by atoms with van der Waals surface area (Å²) in [5.74, 6) is 3.45. The number of fused-ring (bicyclic) bond motifs is 5. The Balaban J connectivity index is 0.00000523. The molecule has 0 unspecified atom stereocenters. The maximum atomic E-state index is 11.9. The molecule has 0 spiro atoms. The van der Waals surface area contributed by atoms with E-state index in [1.54, 1.807) is 12.1 Å². The molecule has 0 aliphatic heterocycles. The first-order chi connectivity index (χ1) is 24.2. The number of hydrogen-bond acceptors (Lipinski definition) is 4. The van der Waals surface area contributed by atoms with E-state index in [9.17, 15) is 30.0 Å². The van der Waals surface area contributed by atoms with Crippen LogP contribution in [0.5, 0.6) is 11.5 Å². The molecule has 0 heterocycles. The van der Waals surface area contributed by atoms with Crippen LogP contribution in [0.2, 0.25) is 0 Å². The molecule has 0 aromatic heterocycles. The molecule has 2 aromatic rings. The maximum Gasteiger partial charge on any atom is 0.339 e. The van der Waals surface area contributed by atoms with Gasteiger partial charge in [0.25, 0.3) is 0 Å². The van der Waals surface area contributed by atoms with Gasteiger partial charge in [-0.15, -0.1) is 0 Å². The minimum absolute atomic E-state index is 0. The summed E-state index contributed by atoms with van der Waals surface area (Å²) in [5, 5.41) is 39.8. The first-order valence-corrected chi connectivity index (χ1v) is 20.3. The van der Waals surface area contributed by atoms with Gasteiger partial charge in [0.2, 0.25) is 0 Å². The zero-order chi connectivity index (χ0) is 36.7. The summed E-state index contributed by atoms with van der Waals surface area (Å²) >= 11 is 0. The first-order valence-electron chi connectivity index (χ1n) is 20.3. The number of aromatic carboxylic acids is 2. The second-order valence-electron chi connectivity index (χ2n) is 18.5. The smallest absolute Gasteiger partial charge is 0.339 e. The third-order valence-corrected chi connectivity index (χ3v) is 15.4. The van der Waals surface area contributed by atoms with Crippen molar-refractivity contribution < 1.29 is 30.0 Å². The minimum Gasteiger partial charge on any atom is -0.507 e. The van der Waals surface area contributed by atoms with Crippen LogP contribution in [0.3, 0.4) is 0 Å². The van der Waals surface area contributed by atoms with Crippen molar-refractivity contribution in [3.8, 4) is 11.5 Å². The standard InChI is InChI=1S/C45H64O6.Na/c1-27(2)8-6-9-28(3)37-16-17-38-34-15-14-32-24-29(20-22-44(32,4)39(34)21-23-45(37,38)5)10-7-11-33(30-12-18-40(46)35(25-30)42(48)49)31-13-19-41(47)36(26-31)43(50)51;/h12-13,18-19,25-29,32-34,37-39,46-47H,6-11,14-17,20-24H2,1-5H3,(H,48,49)(H,50,51);/t28-,29+,32+,34+,37-,38+,39+,44+,45-;/m1./s1. The number of carboxylic acids is 2. The van der Waals surface area contributed by atoms with E-state index >= 15 is 0 Å². The molecule has 281 valence electrons. The first kappa shape index (κ1) is 41.1. The molecule has 6 rings (SSSR count). The van der Waals surface area contributed by atoms with E-state index in [1.165, 1.54) is 101 Å². The fraction of sp³-hybridized carbons (Fsp3) is 0.689. The quantitative estimate of drug-likeness (QED) is 0.153. The Morgan fingerprint density at radius 2 is 1.33 bits per heavy atom. The van der Waals surface area contributed by atoms with Gasteiger partial charge in [-0.2, -0.15) is 0 Å². The molecule has 4 aliphatic carbocycles. The average molecular weight is 724 g/mol. The molecule has 2 aromatic carbocycles. The number of hydrogen-bond donors (Lipinski definition) is 4. The zero-order valence-corrected chi connectivity index (χ0v) is 34.9.